The maximum Gasteiger partial charge on any atom is 0.243 e. The molecule has 1 aromatic rings. The van der Waals surface area contributed by atoms with Gasteiger partial charge in [0.15, 0.2) is 5.96 Å². The van der Waals surface area contributed by atoms with Gasteiger partial charge in [-0.25, -0.2) is 9.98 Å². The van der Waals surface area contributed by atoms with E-state index in [1.165, 1.54) is 4.88 Å². The molecule has 0 unspecified atom stereocenters. The summed E-state index contributed by atoms with van der Waals surface area (Å²) in [5.74, 6) is 1.18. The molecular formula is C16H30IN5OS. The van der Waals surface area contributed by atoms with E-state index in [1.54, 1.807) is 30.3 Å². The molecule has 0 atom stereocenters. The van der Waals surface area contributed by atoms with Crippen LogP contribution in [0.5, 0.6) is 0 Å². The van der Waals surface area contributed by atoms with Crippen LogP contribution in [0.1, 0.15) is 30.7 Å². The monoisotopic (exact) mass is 467 g/mol. The van der Waals surface area contributed by atoms with Crippen LogP contribution in [-0.2, 0) is 17.6 Å². The second-order valence-corrected chi connectivity index (χ2v) is 7.18. The van der Waals surface area contributed by atoms with Crippen molar-refractivity contribution in [1.29, 1.82) is 0 Å². The Morgan fingerprint density at radius 3 is 2.62 bits per heavy atom. The molecule has 1 amide bonds. The van der Waals surface area contributed by atoms with Crippen LogP contribution in [0.25, 0.3) is 0 Å². The highest BCUT2D eigenvalue weighted by Crippen LogP contribution is 2.13. The molecule has 8 heteroatoms. The topological polar surface area (TPSA) is 69.6 Å². The summed E-state index contributed by atoms with van der Waals surface area (Å²) in [5, 5.41) is 7.67. The Balaban J connectivity index is 0.00000529. The molecule has 6 nitrogen and oxygen atoms in total. The number of thiazole rings is 1. The molecular weight excluding hydrogens is 437 g/mol. The van der Waals surface area contributed by atoms with E-state index in [0.717, 1.165) is 30.9 Å². The number of amides is 1. The zero-order chi connectivity index (χ0) is 17.2. The zero-order valence-electron chi connectivity index (χ0n) is 15.3. The van der Waals surface area contributed by atoms with Gasteiger partial charge in [-0.05, 0) is 12.3 Å². The van der Waals surface area contributed by atoms with Gasteiger partial charge in [-0.15, -0.1) is 35.3 Å². The van der Waals surface area contributed by atoms with Gasteiger partial charge in [0.2, 0.25) is 5.91 Å². The van der Waals surface area contributed by atoms with Crippen molar-refractivity contribution in [2.45, 2.75) is 33.6 Å². The van der Waals surface area contributed by atoms with E-state index < -0.39 is 0 Å². The number of halogens is 1. The molecule has 0 saturated heterocycles. The molecule has 1 heterocycles. The lowest BCUT2D eigenvalue weighted by atomic mass is 10.2. The fourth-order valence-electron chi connectivity index (χ4n) is 1.68. The number of carbonyl (C=O) groups is 1. The molecule has 138 valence electrons. The highest BCUT2D eigenvalue weighted by molar-refractivity contribution is 14.0. The minimum atomic E-state index is -0.0110. The van der Waals surface area contributed by atoms with Gasteiger partial charge in [-0.2, -0.15) is 0 Å². The average molecular weight is 467 g/mol. The van der Waals surface area contributed by atoms with Gasteiger partial charge >= 0.3 is 0 Å². The van der Waals surface area contributed by atoms with Gasteiger partial charge in [0.25, 0.3) is 0 Å². The molecule has 0 radical (unpaired) electrons. The Labute approximate surface area is 166 Å². The molecule has 0 fully saturated rings. The summed E-state index contributed by atoms with van der Waals surface area (Å²) < 4.78 is 0. The summed E-state index contributed by atoms with van der Waals surface area (Å²) in [7, 11) is 3.47. The van der Waals surface area contributed by atoms with Gasteiger partial charge in [0.1, 0.15) is 6.54 Å². The number of carbonyl (C=O) groups excluding carboxylic acids is 1. The number of aliphatic imine (C=N–C) groups is 1. The summed E-state index contributed by atoms with van der Waals surface area (Å²) in [6.45, 7) is 8.13. The van der Waals surface area contributed by atoms with Gasteiger partial charge in [-0.3, -0.25) is 4.79 Å². The average Bonchev–Trinajstić information content (AvgIpc) is 2.96. The van der Waals surface area contributed by atoms with Crippen molar-refractivity contribution in [2.75, 3.05) is 33.7 Å². The maximum atomic E-state index is 11.7. The predicted molar refractivity (Wildman–Crippen MR) is 112 cm³/mol. The molecule has 1 rings (SSSR count). The van der Waals surface area contributed by atoms with Crippen LogP contribution in [0.15, 0.2) is 11.2 Å². The lowest BCUT2D eigenvalue weighted by molar-refractivity contribution is -0.127. The van der Waals surface area contributed by atoms with Crippen molar-refractivity contribution in [3.8, 4) is 0 Å². The molecule has 2 N–H and O–H groups in total. The SMILES string of the molecule is CCc1cnc(CCNC(=NCC(=O)N(C)C)NCC(C)C)s1.I. The molecule has 0 aliphatic heterocycles. The van der Waals surface area contributed by atoms with E-state index in [4.69, 9.17) is 0 Å². The number of guanidine groups is 1. The smallest absolute Gasteiger partial charge is 0.243 e. The first-order valence-electron chi connectivity index (χ1n) is 8.08. The third kappa shape index (κ3) is 9.41. The number of nitrogens with zero attached hydrogens (tertiary/aromatic N) is 3. The van der Waals surface area contributed by atoms with Crippen molar-refractivity contribution >= 4 is 47.2 Å². The molecule has 0 bridgehead atoms. The van der Waals surface area contributed by atoms with E-state index in [1.807, 2.05) is 6.20 Å². The third-order valence-electron chi connectivity index (χ3n) is 3.13. The van der Waals surface area contributed by atoms with Crippen LogP contribution in [0, 0.1) is 5.92 Å². The highest BCUT2D eigenvalue weighted by atomic mass is 127. The molecule has 24 heavy (non-hydrogen) atoms. The highest BCUT2D eigenvalue weighted by Gasteiger charge is 2.06. The van der Waals surface area contributed by atoms with Crippen molar-refractivity contribution in [1.82, 2.24) is 20.5 Å². The van der Waals surface area contributed by atoms with Gasteiger partial charge in [0.05, 0.1) is 5.01 Å². The quantitative estimate of drug-likeness (QED) is 0.349. The van der Waals surface area contributed by atoms with E-state index in [-0.39, 0.29) is 36.4 Å². The summed E-state index contributed by atoms with van der Waals surface area (Å²) in [6, 6.07) is 0. The number of rotatable bonds is 8. The lowest BCUT2D eigenvalue weighted by Gasteiger charge is -2.14. The third-order valence-corrected chi connectivity index (χ3v) is 4.33. The molecule has 0 aliphatic rings. The van der Waals surface area contributed by atoms with Crippen molar-refractivity contribution in [3.63, 3.8) is 0 Å². The number of aryl methyl sites for hydroxylation is 1. The fourth-order valence-corrected chi connectivity index (χ4v) is 2.54. The molecule has 0 aliphatic carbocycles. The second-order valence-electron chi connectivity index (χ2n) is 5.98. The predicted octanol–water partition coefficient (Wildman–Crippen LogP) is 2.15. The van der Waals surface area contributed by atoms with Crippen molar-refractivity contribution in [3.05, 3.63) is 16.1 Å². The first kappa shape index (κ1) is 23.1. The van der Waals surface area contributed by atoms with E-state index in [9.17, 15) is 4.79 Å². The molecule has 0 spiro atoms. The van der Waals surface area contributed by atoms with Crippen LogP contribution in [-0.4, -0.2) is 55.5 Å². The molecule has 0 saturated carbocycles. The van der Waals surface area contributed by atoms with Gasteiger partial charge < -0.3 is 15.5 Å². The number of hydrogen-bond donors (Lipinski definition) is 2. The zero-order valence-corrected chi connectivity index (χ0v) is 18.4. The Hall–Kier alpha value is -0.900. The number of aromatic nitrogens is 1. The van der Waals surface area contributed by atoms with Gasteiger partial charge in [0, 0.05) is 44.7 Å². The Morgan fingerprint density at radius 2 is 2.08 bits per heavy atom. The van der Waals surface area contributed by atoms with Crippen LogP contribution >= 0.6 is 35.3 Å². The van der Waals surface area contributed by atoms with E-state index in [2.05, 4.69) is 41.4 Å². The molecule has 0 aromatic carbocycles. The number of likely N-dealkylation sites (N-methyl/N-ethyl adjacent to an activating group) is 1. The van der Waals surface area contributed by atoms with E-state index >= 15 is 0 Å². The van der Waals surface area contributed by atoms with Crippen LogP contribution in [0.4, 0.5) is 0 Å². The summed E-state index contributed by atoms with van der Waals surface area (Å²) in [5.41, 5.74) is 0. The minimum absolute atomic E-state index is 0. The summed E-state index contributed by atoms with van der Waals surface area (Å²) >= 11 is 1.75. The Bertz CT molecular complexity index is 516. The summed E-state index contributed by atoms with van der Waals surface area (Å²) in [4.78, 5) is 23.3. The number of nitrogens with one attached hydrogen (secondary N) is 2. The maximum absolute atomic E-state index is 11.7. The first-order chi connectivity index (χ1) is 10.9. The fraction of sp³-hybridized carbons (Fsp3) is 0.688. The van der Waals surface area contributed by atoms with Crippen molar-refractivity contribution in [2.24, 2.45) is 10.9 Å². The van der Waals surface area contributed by atoms with Crippen LogP contribution < -0.4 is 10.6 Å². The minimum Gasteiger partial charge on any atom is -0.356 e. The second kappa shape index (κ2) is 12.5. The van der Waals surface area contributed by atoms with Crippen LogP contribution in [0.3, 0.4) is 0 Å². The summed E-state index contributed by atoms with van der Waals surface area (Å²) in [6.07, 6.45) is 3.83. The largest absolute Gasteiger partial charge is 0.356 e. The standard InChI is InChI=1S/C16H29N5OS.HI/c1-6-13-10-18-14(23-13)7-8-17-16(19-9-12(2)3)20-11-15(22)21(4)5;/h10,12H,6-9,11H2,1-5H3,(H2,17,19,20);1H. The van der Waals surface area contributed by atoms with Gasteiger partial charge in [-0.1, -0.05) is 20.8 Å². The lowest BCUT2D eigenvalue weighted by Crippen LogP contribution is -2.41. The Kier molecular flexibility index (Phi) is 12.0. The number of hydrogen-bond acceptors (Lipinski definition) is 4. The first-order valence-corrected chi connectivity index (χ1v) is 8.90. The van der Waals surface area contributed by atoms with E-state index in [0.29, 0.717) is 11.9 Å². The van der Waals surface area contributed by atoms with Crippen LogP contribution in [0.2, 0.25) is 0 Å². The normalized spacial score (nSPS) is 11.2. The Morgan fingerprint density at radius 1 is 1.38 bits per heavy atom. The van der Waals surface area contributed by atoms with Crippen molar-refractivity contribution < 1.29 is 4.79 Å². The molecule has 1 aromatic heterocycles.